The number of para-hydroxylation sites is 2. The van der Waals surface area contributed by atoms with Crippen molar-refractivity contribution in [3.8, 4) is 11.5 Å². The van der Waals surface area contributed by atoms with Crippen LogP contribution in [0, 0.1) is 6.92 Å². The summed E-state index contributed by atoms with van der Waals surface area (Å²) in [5.74, 6) is -3.97. The first kappa shape index (κ1) is 37.7. The average molecular weight is 676 g/mol. The molecular weight excluding hydrogens is 653 g/mol. The summed E-state index contributed by atoms with van der Waals surface area (Å²) in [4.78, 5) is 30.4. The molecule has 12 nitrogen and oxygen atoms in total. The number of carboxylic acid groups (broad SMARTS) is 2. The predicted molar refractivity (Wildman–Crippen MR) is 142 cm³/mol. The van der Waals surface area contributed by atoms with Gasteiger partial charge in [0.25, 0.3) is 10.0 Å². The van der Waals surface area contributed by atoms with Crippen LogP contribution in [0.3, 0.4) is 0 Å². The largest absolute Gasteiger partial charge is 1.00 e. The Bertz CT molecular complexity index is 1850. The Labute approximate surface area is 297 Å². The standard InChI is InChI=1S/C25H20F3N3O9S2.2Na.2H/c1-14-18(29-9-8-20(14)40-13-25(26,27)28)12-41(36)24-30-17-4-2-3-5-19(17)31(24)42(37,38)15-6-7-21(39-11-22(32)33)16(10-15)23(34)35;;;;/h2-10H,11-13H2,1H3,(H,32,33)(H,34,35);;;;/q;2*+1;2*-1. The van der Waals surface area contributed by atoms with Crippen molar-refractivity contribution >= 4 is 43.8 Å². The molecule has 0 fully saturated rings. The molecule has 0 aliphatic rings. The Hall–Kier alpha value is -2.51. The van der Waals surface area contributed by atoms with E-state index in [9.17, 15) is 40.5 Å². The van der Waals surface area contributed by atoms with Gasteiger partial charge in [0.1, 0.15) is 17.1 Å². The number of hydrogen-bond acceptors (Lipinski definition) is 9. The molecule has 2 N–H and O–H groups in total. The predicted octanol–water partition coefficient (Wildman–Crippen LogP) is -2.38. The molecule has 0 bridgehead atoms. The zero-order valence-corrected chi connectivity index (χ0v) is 29.0. The third kappa shape index (κ3) is 8.60. The van der Waals surface area contributed by atoms with E-state index in [1.807, 2.05) is 0 Å². The number of alkyl halides is 3. The van der Waals surface area contributed by atoms with E-state index in [0.717, 1.165) is 24.4 Å². The molecule has 2 heterocycles. The minimum Gasteiger partial charge on any atom is -1.00 e. The van der Waals surface area contributed by atoms with E-state index in [-0.39, 0.29) is 90.0 Å². The van der Waals surface area contributed by atoms with Crippen LogP contribution in [0.1, 0.15) is 24.5 Å². The third-order valence-electron chi connectivity index (χ3n) is 5.68. The van der Waals surface area contributed by atoms with Gasteiger partial charge in [0.05, 0.1) is 38.2 Å². The van der Waals surface area contributed by atoms with E-state index in [2.05, 4.69) is 9.97 Å². The van der Waals surface area contributed by atoms with E-state index in [0.29, 0.717) is 3.97 Å². The van der Waals surface area contributed by atoms with Gasteiger partial charge < -0.3 is 22.5 Å². The van der Waals surface area contributed by atoms with Crippen LogP contribution in [0.5, 0.6) is 11.5 Å². The Balaban J connectivity index is 0.00000506. The molecule has 2 aromatic heterocycles. The second-order valence-electron chi connectivity index (χ2n) is 8.57. The van der Waals surface area contributed by atoms with E-state index in [4.69, 9.17) is 14.6 Å². The van der Waals surface area contributed by atoms with Crippen LogP contribution in [0.15, 0.2) is 64.8 Å². The number of aliphatic carboxylic acids is 1. The number of nitrogens with zero attached hydrogens (tertiary/aromatic N) is 3. The number of rotatable bonds is 11. The zero-order chi connectivity index (χ0) is 30.8. The third-order valence-corrected chi connectivity index (χ3v) is 8.72. The smallest absolute Gasteiger partial charge is 1.00 e. The van der Waals surface area contributed by atoms with Crippen LogP contribution in [-0.4, -0.2) is 68.1 Å². The second kappa shape index (κ2) is 15.2. The summed E-state index contributed by atoms with van der Waals surface area (Å²) in [5, 5.41) is 18.0. The summed E-state index contributed by atoms with van der Waals surface area (Å²) in [5.41, 5.74) is -0.271. The molecule has 4 rings (SSSR count). The molecular formula is C25H22F3N3Na2O9S2. The van der Waals surface area contributed by atoms with Crippen molar-refractivity contribution in [2.24, 2.45) is 0 Å². The molecule has 0 radical (unpaired) electrons. The van der Waals surface area contributed by atoms with Crippen molar-refractivity contribution in [3.05, 3.63) is 71.5 Å². The number of ether oxygens (including phenoxy) is 2. The molecule has 0 spiro atoms. The van der Waals surface area contributed by atoms with Gasteiger partial charge in [-0.1, -0.05) is 12.1 Å². The average Bonchev–Trinajstić information content (AvgIpc) is 3.32. The fraction of sp³-hybridized carbons (Fsp3) is 0.200. The maximum absolute atomic E-state index is 13.9. The van der Waals surface area contributed by atoms with E-state index >= 15 is 0 Å². The van der Waals surface area contributed by atoms with E-state index in [1.54, 1.807) is 6.07 Å². The van der Waals surface area contributed by atoms with Crippen molar-refractivity contribution in [1.29, 1.82) is 0 Å². The number of halogens is 3. The monoisotopic (exact) mass is 675 g/mol. The first-order valence-corrected chi connectivity index (χ1v) is 14.4. The Morgan fingerprint density at radius 3 is 2.36 bits per heavy atom. The fourth-order valence-corrected chi connectivity index (χ4v) is 6.85. The van der Waals surface area contributed by atoms with Gasteiger partial charge in [0, 0.05) is 11.8 Å². The molecule has 4 aromatic rings. The molecule has 0 saturated carbocycles. The topological polar surface area (TPSA) is 175 Å². The van der Waals surface area contributed by atoms with Crippen molar-refractivity contribution in [1.82, 2.24) is 13.9 Å². The molecule has 0 amide bonds. The van der Waals surface area contributed by atoms with Crippen molar-refractivity contribution < 1.29 is 117 Å². The van der Waals surface area contributed by atoms with Crippen LogP contribution < -0.4 is 68.6 Å². The SMILES string of the molecule is Cc1c(OCC(F)(F)F)ccnc1CS(=O)c1nc2ccccc2n1S(=O)(=O)c1ccc(OCC(=O)O)c(C(=O)O)c1.[H-].[H-].[Na+].[Na+]. The molecule has 1 unspecified atom stereocenters. The van der Waals surface area contributed by atoms with Gasteiger partial charge in [0.15, 0.2) is 13.2 Å². The van der Waals surface area contributed by atoms with Crippen LogP contribution in [0.25, 0.3) is 11.0 Å². The van der Waals surface area contributed by atoms with Gasteiger partial charge >= 0.3 is 77.2 Å². The molecule has 1 atom stereocenters. The minimum atomic E-state index is -4.68. The van der Waals surface area contributed by atoms with Crippen LogP contribution in [0.4, 0.5) is 13.2 Å². The van der Waals surface area contributed by atoms with Gasteiger partial charge in [-0.3, -0.25) is 9.19 Å². The summed E-state index contributed by atoms with van der Waals surface area (Å²) in [7, 11) is -6.92. The number of imidazole rings is 1. The second-order valence-corrected chi connectivity index (χ2v) is 11.7. The van der Waals surface area contributed by atoms with E-state index in [1.165, 1.54) is 31.2 Å². The maximum atomic E-state index is 13.9. The number of carbonyl (C=O) groups is 2. The minimum absolute atomic E-state index is 0. The number of pyridine rings is 1. The number of aromatic nitrogens is 3. The molecule has 19 heteroatoms. The summed E-state index contributed by atoms with van der Waals surface area (Å²) < 4.78 is 89.7. The van der Waals surface area contributed by atoms with Crippen molar-refractivity contribution in [2.75, 3.05) is 13.2 Å². The molecule has 2 aromatic carbocycles. The van der Waals surface area contributed by atoms with Gasteiger partial charge in [0.2, 0.25) is 5.16 Å². The molecule has 0 aliphatic heterocycles. The maximum Gasteiger partial charge on any atom is 1.00 e. The molecule has 226 valence electrons. The van der Waals surface area contributed by atoms with Crippen LogP contribution in [-0.2, 0) is 31.4 Å². The van der Waals surface area contributed by atoms with Gasteiger partial charge in [-0.15, -0.1) is 0 Å². The molecule has 0 saturated heterocycles. The number of hydrogen-bond donors (Lipinski definition) is 2. The van der Waals surface area contributed by atoms with Crippen LogP contribution >= 0.6 is 0 Å². The number of carboxylic acids is 2. The number of aromatic carboxylic acids is 1. The molecule has 44 heavy (non-hydrogen) atoms. The quantitative estimate of drug-likeness (QED) is 0.163. The number of benzene rings is 2. The number of fused-ring (bicyclic) bond motifs is 1. The fourth-order valence-electron chi connectivity index (χ4n) is 3.77. The van der Waals surface area contributed by atoms with Crippen molar-refractivity contribution in [3.63, 3.8) is 0 Å². The first-order chi connectivity index (χ1) is 19.7. The van der Waals surface area contributed by atoms with E-state index < -0.39 is 79.3 Å². The first-order valence-electron chi connectivity index (χ1n) is 11.7. The van der Waals surface area contributed by atoms with Crippen molar-refractivity contribution in [2.45, 2.75) is 28.9 Å². The molecule has 0 aliphatic carbocycles. The zero-order valence-electron chi connectivity index (χ0n) is 25.4. The Kier molecular flexibility index (Phi) is 13.0. The Morgan fingerprint density at radius 1 is 1.05 bits per heavy atom. The Morgan fingerprint density at radius 2 is 1.73 bits per heavy atom. The van der Waals surface area contributed by atoms with Gasteiger partial charge in [-0.05, 0) is 43.3 Å². The summed E-state index contributed by atoms with van der Waals surface area (Å²) >= 11 is 0. The van der Waals surface area contributed by atoms with Gasteiger partial charge in [-0.25, -0.2) is 27.0 Å². The summed E-state index contributed by atoms with van der Waals surface area (Å²) in [6.07, 6.45) is -3.44. The van der Waals surface area contributed by atoms with Gasteiger partial charge in [-0.2, -0.15) is 13.2 Å². The summed E-state index contributed by atoms with van der Waals surface area (Å²) in [6.45, 7) is -1.03. The van der Waals surface area contributed by atoms with Crippen LogP contribution in [0.2, 0.25) is 0 Å². The summed E-state index contributed by atoms with van der Waals surface area (Å²) in [6, 6.07) is 9.86. The normalized spacial score (nSPS) is 12.1.